The second kappa shape index (κ2) is 21.7. The second-order valence-electron chi connectivity index (χ2n) is 6.91. The highest BCUT2D eigenvalue weighted by Crippen LogP contribution is 2.24. The Bertz CT molecular complexity index is 516. The molecule has 0 saturated carbocycles. The van der Waals surface area contributed by atoms with Crippen LogP contribution < -0.4 is 0 Å². The van der Waals surface area contributed by atoms with Gasteiger partial charge in [-0.25, -0.2) is 0 Å². The molecule has 0 saturated heterocycles. The molecular weight excluding hydrogens is 601 g/mol. The Balaban J connectivity index is 0. The topological polar surface area (TPSA) is 105 Å². The van der Waals surface area contributed by atoms with E-state index in [0.717, 1.165) is 23.0 Å². The highest BCUT2D eigenvalue weighted by atomic mass is 32.1. The summed E-state index contributed by atoms with van der Waals surface area (Å²) in [6.45, 7) is -1.31. The van der Waals surface area contributed by atoms with Gasteiger partial charge in [-0.2, -0.15) is 101 Å². The molecule has 0 aromatic rings. The minimum absolute atomic E-state index is 0.123. The molecule has 0 bridgehead atoms. The van der Waals surface area contributed by atoms with Crippen molar-refractivity contribution in [2.45, 2.75) is 0 Å². The van der Waals surface area contributed by atoms with Gasteiger partial charge in [0.1, 0.15) is 31.8 Å². The molecule has 0 amide bonds. The summed E-state index contributed by atoms with van der Waals surface area (Å²) in [6.07, 6.45) is 0. The minimum Gasteiger partial charge on any atom is -0.464 e. The first kappa shape index (κ1) is 36.8. The van der Waals surface area contributed by atoms with Crippen LogP contribution in [0.3, 0.4) is 0 Å². The average molecular weight is 633 g/mol. The molecule has 0 aliphatic heterocycles. The predicted octanol–water partition coefficient (Wildman–Crippen LogP) is 1.56. The number of carbonyl (C=O) groups excluding carboxylic acids is 4. The molecule has 0 aromatic carbocycles. The summed E-state index contributed by atoms with van der Waals surface area (Å²) < 4.78 is 20.0. The van der Waals surface area contributed by atoms with Crippen LogP contribution in [0.2, 0.25) is 0 Å². The Kier molecular flexibility index (Phi) is 23.5. The predicted molar refractivity (Wildman–Crippen MR) is 160 cm³/mol. The zero-order valence-corrected chi connectivity index (χ0v) is 25.5. The van der Waals surface area contributed by atoms with E-state index in [4.69, 9.17) is 18.9 Å². The van der Waals surface area contributed by atoms with Crippen molar-refractivity contribution < 1.29 is 38.1 Å². The summed E-state index contributed by atoms with van der Waals surface area (Å²) >= 11 is 31.9. The molecule has 200 valence electrons. The molecular formula is C18H32O8S8. The van der Waals surface area contributed by atoms with Crippen molar-refractivity contribution in [2.24, 2.45) is 10.8 Å². The van der Waals surface area contributed by atoms with E-state index in [1.165, 1.54) is 0 Å². The minimum atomic E-state index is -1.28. The lowest BCUT2D eigenvalue weighted by Crippen LogP contribution is -2.44. The summed E-state index contributed by atoms with van der Waals surface area (Å²) in [7, 11) is 0. The monoisotopic (exact) mass is 632 g/mol. The van der Waals surface area contributed by atoms with Gasteiger partial charge in [0.25, 0.3) is 0 Å². The fourth-order valence-electron chi connectivity index (χ4n) is 1.67. The smallest absolute Gasteiger partial charge is 0.315 e. The first-order valence-electron chi connectivity index (χ1n) is 9.56. The third-order valence-corrected chi connectivity index (χ3v) is 7.73. The molecule has 0 aromatic heterocycles. The first-order chi connectivity index (χ1) is 16.1. The number of hydrogen-bond donors (Lipinski definition) is 8. The highest BCUT2D eigenvalue weighted by Gasteiger charge is 2.37. The van der Waals surface area contributed by atoms with Gasteiger partial charge in [-0.05, 0) is 23.0 Å². The van der Waals surface area contributed by atoms with E-state index in [2.05, 4.69) is 101 Å². The van der Waals surface area contributed by atoms with Crippen LogP contribution in [0.4, 0.5) is 0 Å². The summed E-state index contributed by atoms with van der Waals surface area (Å²) in [5.41, 5.74) is -1.16. The number of carbonyl (C=O) groups is 4. The number of ether oxygens (including phenoxy) is 4. The lowest BCUT2D eigenvalue weighted by atomic mass is 9.92. The Labute approximate surface area is 244 Å². The van der Waals surface area contributed by atoms with Crippen molar-refractivity contribution in [2.75, 3.05) is 72.5 Å². The van der Waals surface area contributed by atoms with Crippen molar-refractivity contribution >= 4 is 125 Å². The van der Waals surface area contributed by atoms with Crippen LogP contribution >= 0.6 is 101 Å². The first-order valence-corrected chi connectivity index (χ1v) is 14.6. The molecule has 0 heterocycles. The summed E-state index contributed by atoms with van der Waals surface area (Å²) in [6, 6.07) is 0. The molecule has 0 fully saturated rings. The Morgan fingerprint density at radius 3 is 0.735 bits per heavy atom. The van der Waals surface area contributed by atoms with E-state index < -0.39 is 29.3 Å². The van der Waals surface area contributed by atoms with Crippen LogP contribution in [-0.4, -0.2) is 96.3 Å². The van der Waals surface area contributed by atoms with Gasteiger partial charge in [-0.3, -0.25) is 19.2 Å². The zero-order chi connectivity index (χ0) is 26.6. The third-order valence-electron chi connectivity index (χ3n) is 4.02. The van der Waals surface area contributed by atoms with Crippen molar-refractivity contribution in [1.82, 2.24) is 0 Å². The van der Waals surface area contributed by atoms with Crippen molar-refractivity contribution in [3.8, 4) is 0 Å². The summed E-state index contributed by atoms with van der Waals surface area (Å²) in [4.78, 5) is 45.5. The molecule has 0 aliphatic rings. The number of thiol groups is 8. The number of esters is 4. The number of rotatable bonds is 16. The SMILES string of the molecule is O=C(CS)OCC(COC(=O)CS)(COC(=O)CS)COC(=O)CS.SCC(CS)(CS)CS. The average Bonchev–Trinajstić information content (AvgIpc) is 2.88. The Hall–Kier alpha value is 0.680. The molecule has 0 rings (SSSR count). The summed E-state index contributed by atoms with van der Waals surface area (Å²) in [5.74, 6) is -0.0654. The van der Waals surface area contributed by atoms with Gasteiger partial charge in [0.15, 0.2) is 0 Å². The van der Waals surface area contributed by atoms with Crippen molar-refractivity contribution in [3.63, 3.8) is 0 Å². The molecule has 0 radical (unpaired) electrons. The molecule has 0 spiro atoms. The normalized spacial score (nSPS) is 11.1. The standard InChI is InChI=1S/C13H20O8S4.C5H12S4/c14-9(1-22)18-5-13(6-19-10(15)2-23,7-20-11(16)3-24)8-21-12(17)4-25;6-1-5(2-7,3-8)4-9/h22-25H,1-8H2;6-9H,1-4H2. The molecule has 16 heteroatoms. The van der Waals surface area contributed by atoms with Crippen LogP contribution in [0.1, 0.15) is 0 Å². The van der Waals surface area contributed by atoms with Crippen LogP contribution in [0, 0.1) is 10.8 Å². The van der Waals surface area contributed by atoms with E-state index in [0.29, 0.717) is 0 Å². The fourth-order valence-corrected chi connectivity index (χ4v) is 4.43. The van der Waals surface area contributed by atoms with Gasteiger partial charge < -0.3 is 18.9 Å². The van der Waals surface area contributed by atoms with Crippen molar-refractivity contribution in [1.29, 1.82) is 0 Å². The van der Waals surface area contributed by atoms with Gasteiger partial charge in [0, 0.05) is 5.41 Å². The van der Waals surface area contributed by atoms with Crippen molar-refractivity contribution in [3.05, 3.63) is 0 Å². The Morgan fingerprint density at radius 1 is 0.412 bits per heavy atom. The molecule has 0 atom stereocenters. The molecule has 0 unspecified atom stereocenters. The van der Waals surface area contributed by atoms with E-state index in [1.807, 2.05) is 0 Å². The van der Waals surface area contributed by atoms with Gasteiger partial charge >= 0.3 is 23.9 Å². The van der Waals surface area contributed by atoms with Gasteiger partial charge in [-0.1, -0.05) is 0 Å². The number of hydrogen-bond acceptors (Lipinski definition) is 16. The van der Waals surface area contributed by atoms with Crippen LogP contribution in [0.25, 0.3) is 0 Å². The second-order valence-corrected chi connectivity index (χ2v) is 9.44. The maximum atomic E-state index is 11.4. The van der Waals surface area contributed by atoms with Crippen LogP contribution in [-0.2, 0) is 38.1 Å². The maximum absolute atomic E-state index is 11.4. The van der Waals surface area contributed by atoms with Gasteiger partial charge in [0.05, 0.1) is 23.0 Å². The van der Waals surface area contributed by atoms with Crippen LogP contribution in [0.15, 0.2) is 0 Å². The van der Waals surface area contributed by atoms with E-state index in [1.54, 1.807) is 0 Å². The van der Waals surface area contributed by atoms with E-state index >= 15 is 0 Å². The summed E-state index contributed by atoms with van der Waals surface area (Å²) in [5, 5.41) is 0. The molecule has 8 nitrogen and oxygen atoms in total. The van der Waals surface area contributed by atoms with Crippen LogP contribution in [0.5, 0.6) is 0 Å². The lowest BCUT2D eigenvalue weighted by molar-refractivity contribution is -0.167. The maximum Gasteiger partial charge on any atom is 0.315 e. The largest absolute Gasteiger partial charge is 0.464 e. The highest BCUT2D eigenvalue weighted by molar-refractivity contribution is 7.83. The lowest BCUT2D eigenvalue weighted by Gasteiger charge is -2.31. The van der Waals surface area contributed by atoms with E-state index in [9.17, 15) is 19.2 Å². The molecule has 0 N–H and O–H groups in total. The fraction of sp³-hybridized carbons (Fsp3) is 0.778. The molecule has 0 aliphatic carbocycles. The zero-order valence-electron chi connectivity index (χ0n) is 18.3. The molecule has 34 heavy (non-hydrogen) atoms. The third kappa shape index (κ3) is 16.4. The van der Waals surface area contributed by atoms with Gasteiger partial charge in [-0.15, -0.1) is 0 Å². The van der Waals surface area contributed by atoms with E-state index in [-0.39, 0.29) is 54.9 Å². The van der Waals surface area contributed by atoms with Gasteiger partial charge in [0.2, 0.25) is 0 Å². The quantitative estimate of drug-likeness (QED) is 0.0737. The Morgan fingerprint density at radius 2 is 0.618 bits per heavy atom.